The summed E-state index contributed by atoms with van der Waals surface area (Å²) in [6.45, 7) is 2.74. The molecule has 1 atom stereocenters. The van der Waals surface area contributed by atoms with Crippen molar-refractivity contribution >= 4 is 46.2 Å². The Morgan fingerprint density at radius 3 is 2.88 bits per heavy atom. The van der Waals surface area contributed by atoms with Crippen molar-refractivity contribution in [2.75, 3.05) is 11.9 Å². The van der Waals surface area contributed by atoms with E-state index in [1.54, 1.807) is 21.7 Å². The summed E-state index contributed by atoms with van der Waals surface area (Å²) in [6, 6.07) is 4.93. The molecule has 1 fully saturated rings. The first-order chi connectivity index (χ1) is 12.4. The summed E-state index contributed by atoms with van der Waals surface area (Å²) in [6.07, 6.45) is 2.46. The molecule has 1 unspecified atom stereocenters. The molecule has 2 aromatic rings. The topological polar surface area (TPSA) is 42.6 Å². The monoisotopic (exact) mass is 415 g/mol. The molecule has 0 spiro atoms. The maximum Gasteiger partial charge on any atom is 0.228 e. The zero-order valence-electron chi connectivity index (χ0n) is 14.7. The molecule has 1 aromatic carbocycles. The van der Waals surface area contributed by atoms with Gasteiger partial charge in [-0.05, 0) is 37.2 Å². The average Bonchev–Trinajstić information content (AvgIpc) is 3.36. The molecule has 1 aromatic heterocycles. The molecule has 0 bridgehead atoms. The van der Waals surface area contributed by atoms with Gasteiger partial charge in [-0.3, -0.25) is 9.69 Å². The van der Waals surface area contributed by atoms with Gasteiger partial charge in [-0.15, -0.1) is 5.10 Å². The molecule has 1 amide bonds. The van der Waals surface area contributed by atoms with E-state index < -0.39 is 0 Å². The molecule has 1 aliphatic carbocycles. The second-order valence-electron chi connectivity index (χ2n) is 6.49. The first-order valence-corrected chi connectivity index (χ1v) is 10.1. The Bertz CT molecular complexity index is 844. The van der Waals surface area contributed by atoms with Crippen LogP contribution in [0.1, 0.15) is 31.7 Å². The fraction of sp³-hybridized carbons (Fsp3) is 0.471. The Morgan fingerprint density at radius 1 is 1.54 bits per heavy atom. The fourth-order valence-electron chi connectivity index (χ4n) is 2.78. The van der Waals surface area contributed by atoms with E-state index in [1.807, 2.05) is 14.0 Å². The minimum Gasteiger partial charge on any atom is -0.315 e. The summed E-state index contributed by atoms with van der Waals surface area (Å²) in [5.74, 6) is -0.241. The van der Waals surface area contributed by atoms with Gasteiger partial charge in [-0.2, -0.15) is 4.68 Å². The lowest BCUT2D eigenvalue weighted by molar-refractivity contribution is -0.917. The van der Waals surface area contributed by atoms with E-state index in [1.165, 1.54) is 17.4 Å². The van der Waals surface area contributed by atoms with Gasteiger partial charge in [0, 0.05) is 12.5 Å². The van der Waals surface area contributed by atoms with Crippen LogP contribution in [0.4, 0.5) is 9.52 Å². The molecule has 1 heterocycles. The zero-order valence-corrected chi connectivity index (χ0v) is 17.1. The minimum absolute atomic E-state index is 0.0715. The molecular weight excluding hydrogens is 395 g/mol. The lowest BCUT2D eigenvalue weighted by Crippen LogP contribution is -3.07. The second kappa shape index (κ2) is 8.12. The van der Waals surface area contributed by atoms with Crippen molar-refractivity contribution in [2.24, 2.45) is 0 Å². The van der Waals surface area contributed by atoms with Crippen LogP contribution < -0.4 is 9.80 Å². The SMILES string of the molecule is CCC(=O)N(c1nn(C[NH+](C)Cc2c(F)cccc2Cl)c(=S)s1)C1CC1. The van der Waals surface area contributed by atoms with Crippen LogP contribution in [-0.2, 0) is 18.0 Å². The number of quaternary nitrogens is 1. The molecule has 1 N–H and O–H groups in total. The minimum atomic E-state index is -0.312. The number of halogens is 2. The molecule has 1 saturated carbocycles. The third-order valence-corrected chi connectivity index (χ3v) is 5.91. The zero-order chi connectivity index (χ0) is 18.8. The van der Waals surface area contributed by atoms with Crippen LogP contribution in [-0.4, -0.2) is 28.8 Å². The predicted molar refractivity (Wildman–Crippen MR) is 104 cm³/mol. The molecule has 5 nitrogen and oxygen atoms in total. The third kappa shape index (κ3) is 4.31. The van der Waals surface area contributed by atoms with Crippen LogP contribution in [0.2, 0.25) is 5.02 Å². The largest absolute Gasteiger partial charge is 0.315 e. The Kier molecular flexibility index (Phi) is 6.06. The fourth-order valence-corrected chi connectivity index (χ4v) is 4.19. The van der Waals surface area contributed by atoms with E-state index >= 15 is 0 Å². The Labute approximate surface area is 166 Å². The summed E-state index contributed by atoms with van der Waals surface area (Å²) < 4.78 is 16.3. The van der Waals surface area contributed by atoms with Crippen molar-refractivity contribution in [1.29, 1.82) is 0 Å². The predicted octanol–water partition coefficient (Wildman–Crippen LogP) is 3.04. The highest BCUT2D eigenvalue weighted by atomic mass is 35.5. The number of hydrogen-bond donors (Lipinski definition) is 1. The number of aromatic nitrogens is 2. The van der Waals surface area contributed by atoms with Gasteiger partial charge >= 0.3 is 0 Å². The smallest absolute Gasteiger partial charge is 0.228 e. The lowest BCUT2D eigenvalue weighted by atomic mass is 10.2. The van der Waals surface area contributed by atoms with Gasteiger partial charge in [-0.25, -0.2) is 4.39 Å². The lowest BCUT2D eigenvalue weighted by Gasteiger charge is -2.18. The average molecular weight is 416 g/mol. The standard InChI is InChI=1S/C17H20ClFN4OS2/c1-3-15(24)23(11-7-8-11)16-20-22(17(25)26-16)10-21(2)9-12-13(18)5-4-6-14(12)19/h4-6,11H,3,7-10H2,1-2H3/p+1. The third-order valence-electron chi connectivity index (χ3n) is 4.24. The van der Waals surface area contributed by atoms with Crippen LogP contribution in [0.3, 0.4) is 0 Å². The summed E-state index contributed by atoms with van der Waals surface area (Å²) in [4.78, 5) is 15.0. The van der Waals surface area contributed by atoms with Crippen molar-refractivity contribution in [3.8, 4) is 0 Å². The van der Waals surface area contributed by atoms with Gasteiger partial charge in [0.15, 0.2) is 10.6 Å². The van der Waals surface area contributed by atoms with Crippen LogP contribution in [0, 0.1) is 9.77 Å². The van der Waals surface area contributed by atoms with Gasteiger partial charge in [0.05, 0.1) is 17.6 Å². The maximum atomic E-state index is 14.0. The molecule has 3 rings (SSSR count). The highest BCUT2D eigenvalue weighted by Gasteiger charge is 2.35. The van der Waals surface area contributed by atoms with Gasteiger partial charge in [-0.1, -0.05) is 35.9 Å². The molecule has 140 valence electrons. The Morgan fingerprint density at radius 2 is 2.27 bits per heavy atom. The van der Waals surface area contributed by atoms with E-state index in [4.69, 9.17) is 23.8 Å². The van der Waals surface area contributed by atoms with Crippen molar-refractivity contribution < 1.29 is 14.1 Å². The van der Waals surface area contributed by atoms with Gasteiger partial charge < -0.3 is 4.90 Å². The van der Waals surface area contributed by atoms with Crippen molar-refractivity contribution in [1.82, 2.24) is 9.78 Å². The van der Waals surface area contributed by atoms with E-state index in [0.29, 0.717) is 39.3 Å². The highest BCUT2D eigenvalue weighted by molar-refractivity contribution is 7.73. The van der Waals surface area contributed by atoms with Crippen molar-refractivity contribution in [3.63, 3.8) is 0 Å². The van der Waals surface area contributed by atoms with Crippen molar-refractivity contribution in [3.05, 3.63) is 38.6 Å². The molecular formula is C17H21ClFN4OS2+. The van der Waals surface area contributed by atoms with E-state index in [9.17, 15) is 9.18 Å². The first-order valence-electron chi connectivity index (χ1n) is 8.55. The summed E-state index contributed by atoms with van der Waals surface area (Å²) in [5.41, 5.74) is 0.481. The quantitative estimate of drug-likeness (QED) is 0.707. The van der Waals surface area contributed by atoms with Gasteiger partial charge in [0.1, 0.15) is 12.4 Å². The molecule has 26 heavy (non-hydrogen) atoms. The normalized spacial score (nSPS) is 15.1. The molecule has 9 heteroatoms. The van der Waals surface area contributed by atoms with Crippen LogP contribution in [0.15, 0.2) is 18.2 Å². The van der Waals surface area contributed by atoms with Crippen LogP contribution in [0.25, 0.3) is 0 Å². The number of carbonyl (C=O) groups excluding carboxylic acids is 1. The number of nitrogens with zero attached hydrogens (tertiary/aromatic N) is 3. The van der Waals surface area contributed by atoms with Gasteiger partial charge in [0.2, 0.25) is 11.0 Å². The number of amides is 1. The maximum absolute atomic E-state index is 14.0. The summed E-state index contributed by atoms with van der Waals surface area (Å²) >= 11 is 12.9. The number of benzene rings is 1. The van der Waals surface area contributed by atoms with Gasteiger partial charge in [0.25, 0.3) is 0 Å². The van der Waals surface area contributed by atoms with E-state index in [-0.39, 0.29) is 17.8 Å². The van der Waals surface area contributed by atoms with E-state index in [2.05, 4.69) is 5.10 Å². The van der Waals surface area contributed by atoms with Crippen LogP contribution in [0.5, 0.6) is 0 Å². The van der Waals surface area contributed by atoms with E-state index in [0.717, 1.165) is 17.7 Å². The molecule has 0 aliphatic heterocycles. The van der Waals surface area contributed by atoms with Crippen LogP contribution >= 0.6 is 35.2 Å². The number of carbonyl (C=O) groups is 1. The Balaban J connectivity index is 1.75. The Hall–Kier alpha value is -1.35. The van der Waals surface area contributed by atoms with Crippen molar-refractivity contribution in [2.45, 2.75) is 45.4 Å². The molecule has 0 saturated heterocycles. The number of hydrogen-bond acceptors (Lipinski definition) is 4. The molecule has 0 radical (unpaired) electrons. The number of anilines is 1. The first kappa shape index (κ1) is 19.4. The molecule has 1 aliphatic rings. The summed E-state index contributed by atoms with van der Waals surface area (Å²) in [5, 5.41) is 5.63. The highest BCUT2D eigenvalue weighted by Crippen LogP contribution is 2.33. The summed E-state index contributed by atoms with van der Waals surface area (Å²) in [7, 11) is 1.93. The number of rotatable bonds is 7. The number of nitrogens with one attached hydrogen (secondary N) is 1. The second-order valence-corrected chi connectivity index (χ2v) is 8.50.